The maximum atomic E-state index is 13.0. The van der Waals surface area contributed by atoms with Crippen molar-refractivity contribution in [3.05, 3.63) is 63.7 Å². The molecular formula is C23H29ClN2O3S. The van der Waals surface area contributed by atoms with E-state index in [-0.39, 0.29) is 27.4 Å². The van der Waals surface area contributed by atoms with E-state index in [1.807, 2.05) is 32.9 Å². The van der Waals surface area contributed by atoms with Crippen LogP contribution < -0.4 is 5.32 Å². The largest absolute Gasteiger partial charge is 0.345 e. The molecule has 0 radical (unpaired) electrons. The van der Waals surface area contributed by atoms with Gasteiger partial charge in [-0.1, -0.05) is 48.7 Å². The van der Waals surface area contributed by atoms with Crippen molar-refractivity contribution in [1.82, 2.24) is 9.62 Å². The van der Waals surface area contributed by atoms with Gasteiger partial charge in [0.25, 0.3) is 5.91 Å². The summed E-state index contributed by atoms with van der Waals surface area (Å²) in [4.78, 5) is 13.1. The number of piperidine rings is 1. The Morgan fingerprint density at radius 1 is 1.10 bits per heavy atom. The molecule has 5 nitrogen and oxygen atoms in total. The molecule has 1 atom stereocenters. The Balaban J connectivity index is 1.87. The molecular weight excluding hydrogens is 420 g/mol. The summed E-state index contributed by atoms with van der Waals surface area (Å²) in [6.45, 7) is 7.08. The van der Waals surface area contributed by atoms with E-state index in [2.05, 4.69) is 11.4 Å². The van der Waals surface area contributed by atoms with Crippen molar-refractivity contribution in [2.75, 3.05) is 13.1 Å². The van der Waals surface area contributed by atoms with Gasteiger partial charge in [-0.3, -0.25) is 4.79 Å². The zero-order chi connectivity index (χ0) is 21.9. The molecule has 2 aromatic rings. The zero-order valence-electron chi connectivity index (χ0n) is 17.7. The van der Waals surface area contributed by atoms with Gasteiger partial charge in [-0.25, -0.2) is 8.42 Å². The number of hydrogen-bond donors (Lipinski definition) is 1. The molecule has 1 N–H and O–H groups in total. The standard InChI is InChI=1S/C23H29ClN2O3S/c1-4-22(19-10-8-16(2)14-17(19)3)25-23(27)20-15-18(9-11-21(20)24)30(28,29)26-12-6-5-7-13-26/h8-11,14-15,22H,4-7,12-13H2,1-3H3,(H,25,27)/t22-/m1/s1. The van der Waals surface area contributed by atoms with Crippen molar-refractivity contribution in [2.45, 2.75) is 57.4 Å². The molecule has 1 amide bonds. The van der Waals surface area contributed by atoms with E-state index in [9.17, 15) is 13.2 Å². The molecule has 3 rings (SSSR count). The van der Waals surface area contributed by atoms with E-state index >= 15 is 0 Å². The highest BCUT2D eigenvalue weighted by atomic mass is 35.5. The number of rotatable bonds is 6. The smallest absolute Gasteiger partial charge is 0.253 e. The molecule has 0 unspecified atom stereocenters. The third-order valence-electron chi connectivity index (χ3n) is 5.65. The molecule has 1 heterocycles. The number of hydrogen-bond acceptors (Lipinski definition) is 3. The van der Waals surface area contributed by atoms with Gasteiger partial charge in [0.1, 0.15) is 0 Å². The predicted octanol–water partition coefficient (Wildman–Crippen LogP) is 5.01. The van der Waals surface area contributed by atoms with E-state index in [0.29, 0.717) is 19.5 Å². The Bertz CT molecular complexity index is 1030. The lowest BCUT2D eigenvalue weighted by molar-refractivity contribution is 0.0935. The van der Waals surface area contributed by atoms with Gasteiger partial charge >= 0.3 is 0 Å². The van der Waals surface area contributed by atoms with E-state index < -0.39 is 10.0 Å². The zero-order valence-corrected chi connectivity index (χ0v) is 19.3. The number of sulfonamides is 1. The number of halogens is 1. The molecule has 0 aliphatic carbocycles. The van der Waals surface area contributed by atoms with Crippen LogP contribution in [-0.2, 0) is 10.0 Å². The van der Waals surface area contributed by atoms with Crippen LogP contribution in [0.25, 0.3) is 0 Å². The molecule has 0 bridgehead atoms. The summed E-state index contributed by atoms with van der Waals surface area (Å²) in [7, 11) is -3.64. The lowest BCUT2D eigenvalue weighted by atomic mass is 9.97. The molecule has 162 valence electrons. The van der Waals surface area contributed by atoms with Crippen LogP contribution in [0, 0.1) is 13.8 Å². The topological polar surface area (TPSA) is 66.5 Å². The molecule has 0 spiro atoms. The second-order valence-corrected chi connectivity index (χ2v) is 10.2. The normalized spacial score (nSPS) is 16.3. The Kier molecular flexibility index (Phi) is 7.22. The molecule has 7 heteroatoms. The van der Waals surface area contributed by atoms with E-state index in [1.165, 1.54) is 22.5 Å². The first-order valence-electron chi connectivity index (χ1n) is 10.4. The fraction of sp³-hybridized carbons (Fsp3) is 0.435. The first kappa shape index (κ1) is 22.8. The van der Waals surface area contributed by atoms with Crippen molar-refractivity contribution in [3.8, 4) is 0 Å². The Morgan fingerprint density at radius 3 is 2.43 bits per heavy atom. The van der Waals surface area contributed by atoms with Gasteiger partial charge in [0.05, 0.1) is 21.5 Å². The summed E-state index contributed by atoms with van der Waals surface area (Å²) in [6, 6.07) is 10.3. The second kappa shape index (κ2) is 9.50. The number of nitrogens with one attached hydrogen (secondary N) is 1. The summed E-state index contributed by atoms with van der Waals surface area (Å²) >= 11 is 6.28. The van der Waals surface area contributed by atoms with Crippen LogP contribution in [0.3, 0.4) is 0 Å². The van der Waals surface area contributed by atoms with Crippen LogP contribution in [0.15, 0.2) is 41.3 Å². The quantitative estimate of drug-likeness (QED) is 0.675. The van der Waals surface area contributed by atoms with Gasteiger partial charge < -0.3 is 5.32 Å². The first-order valence-corrected chi connectivity index (χ1v) is 12.2. The fourth-order valence-electron chi connectivity index (χ4n) is 3.95. The van der Waals surface area contributed by atoms with Crippen molar-refractivity contribution in [3.63, 3.8) is 0 Å². The van der Waals surface area contributed by atoms with E-state index in [4.69, 9.17) is 11.6 Å². The minimum absolute atomic E-state index is 0.110. The Morgan fingerprint density at radius 2 is 1.80 bits per heavy atom. The van der Waals surface area contributed by atoms with Gasteiger partial charge in [-0.15, -0.1) is 0 Å². The van der Waals surface area contributed by atoms with Crippen LogP contribution in [0.4, 0.5) is 0 Å². The molecule has 0 aromatic heterocycles. The highest BCUT2D eigenvalue weighted by molar-refractivity contribution is 7.89. The lowest BCUT2D eigenvalue weighted by Crippen LogP contribution is -2.35. The number of carbonyl (C=O) groups excluding carboxylic acids is 1. The first-order chi connectivity index (χ1) is 14.2. The lowest BCUT2D eigenvalue weighted by Gasteiger charge is -2.26. The summed E-state index contributed by atoms with van der Waals surface area (Å²) in [5.41, 5.74) is 3.49. The maximum Gasteiger partial charge on any atom is 0.253 e. The third-order valence-corrected chi connectivity index (χ3v) is 7.87. The summed E-state index contributed by atoms with van der Waals surface area (Å²) in [5.74, 6) is -0.373. The average Bonchev–Trinajstić information content (AvgIpc) is 2.73. The molecule has 1 saturated heterocycles. The van der Waals surface area contributed by atoms with Gasteiger partial charge in [0.15, 0.2) is 0 Å². The minimum atomic E-state index is -3.64. The van der Waals surface area contributed by atoms with E-state index in [1.54, 1.807) is 0 Å². The molecule has 30 heavy (non-hydrogen) atoms. The van der Waals surface area contributed by atoms with Crippen LogP contribution >= 0.6 is 11.6 Å². The summed E-state index contributed by atoms with van der Waals surface area (Å²) in [5, 5.41) is 3.26. The molecule has 1 aliphatic rings. The van der Waals surface area contributed by atoms with Gasteiger partial charge in [0, 0.05) is 13.1 Å². The third kappa shape index (κ3) is 4.88. The monoisotopic (exact) mass is 448 g/mol. The summed E-state index contributed by atoms with van der Waals surface area (Å²) in [6.07, 6.45) is 3.46. The van der Waals surface area contributed by atoms with Crippen molar-refractivity contribution in [2.24, 2.45) is 0 Å². The van der Waals surface area contributed by atoms with E-state index in [0.717, 1.165) is 36.0 Å². The van der Waals surface area contributed by atoms with Crippen molar-refractivity contribution < 1.29 is 13.2 Å². The SMILES string of the molecule is CC[C@@H](NC(=O)c1cc(S(=O)(=O)N2CCCCC2)ccc1Cl)c1ccc(C)cc1C. The second-order valence-electron chi connectivity index (χ2n) is 7.90. The number of benzene rings is 2. The highest BCUT2D eigenvalue weighted by Crippen LogP contribution is 2.27. The van der Waals surface area contributed by atoms with Crippen molar-refractivity contribution >= 4 is 27.5 Å². The van der Waals surface area contributed by atoms with Gasteiger partial charge in [-0.05, 0) is 62.4 Å². The van der Waals surface area contributed by atoms with Crippen LogP contribution in [-0.4, -0.2) is 31.7 Å². The van der Waals surface area contributed by atoms with Crippen molar-refractivity contribution in [1.29, 1.82) is 0 Å². The van der Waals surface area contributed by atoms with Gasteiger partial charge in [0.2, 0.25) is 10.0 Å². The van der Waals surface area contributed by atoms with Gasteiger partial charge in [-0.2, -0.15) is 4.31 Å². The molecule has 2 aromatic carbocycles. The van der Waals surface area contributed by atoms with Crippen LogP contribution in [0.5, 0.6) is 0 Å². The Hall–Kier alpha value is -1.89. The minimum Gasteiger partial charge on any atom is -0.345 e. The number of amides is 1. The highest BCUT2D eigenvalue weighted by Gasteiger charge is 2.27. The van der Waals surface area contributed by atoms with Crippen LogP contribution in [0.2, 0.25) is 5.02 Å². The molecule has 1 aliphatic heterocycles. The molecule has 0 saturated carbocycles. The predicted molar refractivity (Wildman–Crippen MR) is 120 cm³/mol. The Labute approximate surface area is 184 Å². The fourth-order valence-corrected chi connectivity index (χ4v) is 5.69. The number of carbonyl (C=O) groups is 1. The number of nitrogens with zero attached hydrogens (tertiary/aromatic N) is 1. The summed E-state index contributed by atoms with van der Waals surface area (Å²) < 4.78 is 27.5. The molecule has 1 fully saturated rings. The number of aryl methyl sites for hydroxylation is 2. The average molecular weight is 449 g/mol. The maximum absolute atomic E-state index is 13.0. The van der Waals surface area contributed by atoms with Crippen LogP contribution in [0.1, 0.15) is 65.7 Å².